The highest BCUT2D eigenvalue weighted by atomic mass is 19.1. The fourth-order valence-corrected chi connectivity index (χ4v) is 1.06. The Kier molecular flexibility index (Phi) is 4.22. The molecule has 0 aliphatic heterocycles. The summed E-state index contributed by atoms with van der Waals surface area (Å²) in [5.41, 5.74) is 1.15. The van der Waals surface area contributed by atoms with Gasteiger partial charge in [-0.25, -0.2) is 9.98 Å². The van der Waals surface area contributed by atoms with Crippen LogP contribution < -0.4 is 4.74 Å². The molecule has 0 aliphatic carbocycles. The van der Waals surface area contributed by atoms with Crippen molar-refractivity contribution in [1.29, 1.82) is 0 Å². The van der Waals surface area contributed by atoms with E-state index in [1.165, 1.54) is 13.2 Å². The van der Waals surface area contributed by atoms with Gasteiger partial charge in [-0.15, -0.1) is 0 Å². The molecule has 1 aromatic heterocycles. The van der Waals surface area contributed by atoms with E-state index in [4.69, 9.17) is 4.74 Å². The molecule has 0 atom stereocenters. The number of hydrogen-bond donors (Lipinski definition) is 0. The van der Waals surface area contributed by atoms with E-state index >= 15 is 0 Å². The van der Waals surface area contributed by atoms with Crippen LogP contribution in [0.1, 0.15) is 12.6 Å². The number of nitrogens with zero attached hydrogens (tertiary/aromatic N) is 3. The Bertz CT molecular complexity index is 393. The number of ether oxygens (including phenoxy) is 1. The zero-order valence-corrected chi connectivity index (χ0v) is 9.99. The average molecular weight is 225 g/mol. The van der Waals surface area contributed by atoms with Crippen molar-refractivity contribution in [2.75, 3.05) is 20.7 Å². The summed E-state index contributed by atoms with van der Waals surface area (Å²) in [6.07, 6.45) is 1.68. The molecule has 0 unspecified atom stereocenters. The van der Waals surface area contributed by atoms with E-state index < -0.39 is 5.95 Å². The van der Waals surface area contributed by atoms with Crippen LogP contribution in [-0.2, 0) is 0 Å². The van der Waals surface area contributed by atoms with Gasteiger partial charge in [0.05, 0.1) is 24.8 Å². The predicted octanol–water partition coefficient (Wildman–Crippen LogP) is 2.15. The van der Waals surface area contributed by atoms with Gasteiger partial charge in [-0.1, -0.05) is 0 Å². The van der Waals surface area contributed by atoms with Crippen molar-refractivity contribution >= 4 is 12.0 Å². The zero-order valence-electron chi connectivity index (χ0n) is 9.99. The highest BCUT2D eigenvalue weighted by Crippen LogP contribution is 2.24. The lowest BCUT2D eigenvalue weighted by Gasteiger charge is -2.09. The van der Waals surface area contributed by atoms with Gasteiger partial charge in [-0.2, -0.15) is 4.39 Å². The molecule has 0 fully saturated rings. The van der Waals surface area contributed by atoms with Crippen LogP contribution in [0.4, 0.5) is 10.1 Å². The first-order chi connectivity index (χ1) is 7.58. The van der Waals surface area contributed by atoms with E-state index in [0.717, 1.165) is 6.54 Å². The van der Waals surface area contributed by atoms with Crippen LogP contribution in [0, 0.1) is 12.9 Å². The summed E-state index contributed by atoms with van der Waals surface area (Å²) in [4.78, 5) is 9.85. The Balaban J connectivity index is 3.00. The third-order valence-corrected chi connectivity index (χ3v) is 2.22. The van der Waals surface area contributed by atoms with Crippen LogP contribution in [-0.4, -0.2) is 36.9 Å². The molecule has 5 heteroatoms. The molecule has 0 saturated carbocycles. The zero-order chi connectivity index (χ0) is 12.1. The molecule has 1 heterocycles. The molecule has 0 aromatic carbocycles. The van der Waals surface area contributed by atoms with Gasteiger partial charge >= 0.3 is 0 Å². The molecule has 88 valence electrons. The van der Waals surface area contributed by atoms with Crippen LogP contribution in [0.2, 0.25) is 0 Å². The SMILES string of the molecule is CCN(C)C=Nc1cc(OC)c(F)nc1C. The number of pyridine rings is 1. The van der Waals surface area contributed by atoms with E-state index in [1.807, 2.05) is 18.9 Å². The first-order valence-corrected chi connectivity index (χ1v) is 5.04. The molecular formula is C11H16FN3O. The molecule has 0 radical (unpaired) electrons. The lowest BCUT2D eigenvalue weighted by atomic mass is 10.3. The van der Waals surface area contributed by atoms with Crippen LogP contribution in [0.15, 0.2) is 11.1 Å². The molecule has 16 heavy (non-hydrogen) atoms. The number of aryl methyl sites for hydroxylation is 1. The van der Waals surface area contributed by atoms with Gasteiger partial charge in [0.2, 0.25) is 0 Å². The molecule has 1 aromatic rings. The second kappa shape index (κ2) is 5.44. The molecule has 0 N–H and O–H groups in total. The highest BCUT2D eigenvalue weighted by molar-refractivity contribution is 5.62. The van der Waals surface area contributed by atoms with E-state index in [0.29, 0.717) is 11.4 Å². The van der Waals surface area contributed by atoms with Gasteiger partial charge in [0.1, 0.15) is 0 Å². The molecule has 0 saturated heterocycles. The van der Waals surface area contributed by atoms with Crippen molar-refractivity contribution in [3.8, 4) is 5.75 Å². The van der Waals surface area contributed by atoms with Crippen LogP contribution in [0.3, 0.4) is 0 Å². The summed E-state index contributed by atoms with van der Waals surface area (Å²) in [6, 6.07) is 1.54. The quantitative estimate of drug-likeness (QED) is 0.447. The van der Waals surface area contributed by atoms with Crippen molar-refractivity contribution in [1.82, 2.24) is 9.88 Å². The van der Waals surface area contributed by atoms with E-state index in [9.17, 15) is 4.39 Å². The molecule has 1 rings (SSSR count). The van der Waals surface area contributed by atoms with E-state index in [2.05, 4.69) is 9.98 Å². The maximum atomic E-state index is 13.2. The Hall–Kier alpha value is -1.65. The van der Waals surface area contributed by atoms with Crippen LogP contribution >= 0.6 is 0 Å². The van der Waals surface area contributed by atoms with E-state index in [-0.39, 0.29) is 5.75 Å². The normalized spacial score (nSPS) is 10.8. The number of methoxy groups -OCH3 is 1. The fraction of sp³-hybridized carbons (Fsp3) is 0.455. The van der Waals surface area contributed by atoms with Crippen LogP contribution in [0.5, 0.6) is 5.75 Å². The summed E-state index contributed by atoms with van der Waals surface area (Å²) in [7, 11) is 3.31. The third-order valence-electron chi connectivity index (χ3n) is 2.22. The molecule has 4 nitrogen and oxygen atoms in total. The van der Waals surface area contributed by atoms with E-state index in [1.54, 1.807) is 13.3 Å². The topological polar surface area (TPSA) is 37.7 Å². The summed E-state index contributed by atoms with van der Waals surface area (Å²) in [6.45, 7) is 4.58. The molecule has 0 bridgehead atoms. The second-order valence-electron chi connectivity index (χ2n) is 3.40. The monoisotopic (exact) mass is 225 g/mol. The first kappa shape index (κ1) is 12.4. The molecule has 0 amide bonds. The molecule has 0 spiro atoms. The number of aromatic nitrogens is 1. The number of rotatable bonds is 4. The Morgan fingerprint density at radius 3 is 2.88 bits per heavy atom. The summed E-state index contributed by atoms with van der Waals surface area (Å²) in [5.74, 6) is -0.500. The smallest absolute Gasteiger partial charge is 0.255 e. The number of aliphatic imine (C=N–C) groups is 1. The first-order valence-electron chi connectivity index (χ1n) is 5.04. The van der Waals surface area contributed by atoms with Gasteiger partial charge in [-0.05, 0) is 13.8 Å². The number of hydrogen-bond acceptors (Lipinski definition) is 3. The minimum Gasteiger partial charge on any atom is -0.492 e. The lowest BCUT2D eigenvalue weighted by molar-refractivity contribution is 0.377. The molecular weight excluding hydrogens is 209 g/mol. The Morgan fingerprint density at radius 1 is 1.62 bits per heavy atom. The van der Waals surface area contributed by atoms with Gasteiger partial charge in [0.15, 0.2) is 5.75 Å². The lowest BCUT2D eigenvalue weighted by Crippen LogP contribution is -2.14. The Labute approximate surface area is 94.8 Å². The van der Waals surface area contributed by atoms with Crippen molar-refractivity contribution in [2.45, 2.75) is 13.8 Å². The highest BCUT2D eigenvalue weighted by Gasteiger charge is 2.08. The minimum atomic E-state index is -0.609. The predicted molar refractivity (Wildman–Crippen MR) is 61.9 cm³/mol. The summed E-state index contributed by atoms with van der Waals surface area (Å²) < 4.78 is 18.0. The second-order valence-corrected chi connectivity index (χ2v) is 3.40. The minimum absolute atomic E-state index is 0.108. The number of halogens is 1. The maximum absolute atomic E-state index is 13.2. The fourth-order valence-electron chi connectivity index (χ4n) is 1.06. The van der Waals surface area contributed by atoms with Gasteiger partial charge in [0, 0.05) is 19.7 Å². The molecule has 0 aliphatic rings. The third kappa shape index (κ3) is 2.92. The largest absolute Gasteiger partial charge is 0.492 e. The van der Waals surface area contributed by atoms with Crippen LogP contribution in [0.25, 0.3) is 0 Å². The van der Waals surface area contributed by atoms with Crippen molar-refractivity contribution in [3.05, 3.63) is 17.7 Å². The summed E-state index contributed by atoms with van der Waals surface area (Å²) in [5, 5.41) is 0. The Morgan fingerprint density at radius 2 is 2.31 bits per heavy atom. The van der Waals surface area contributed by atoms with Gasteiger partial charge in [0.25, 0.3) is 5.95 Å². The maximum Gasteiger partial charge on any atom is 0.255 e. The average Bonchev–Trinajstić information content (AvgIpc) is 2.27. The standard InChI is InChI=1S/C11H16FN3O/c1-5-15(3)7-13-9-6-10(16-4)11(12)14-8(9)2/h6-7H,5H2,1-4H3. The van der Waals surface area contributed by atoms with Gasteiger partial charge < -0.3 is 9.64 Å². The van der Waals surface area contributed by atoms with Crippen molar-refractivity contribution in [3.63, 3.8) is 0 Å². The van der Waals surface area contributed by atoms with Gasteiger partial charge in [-0.3, -0.25) is 0 Å². The summed E-state index contributed by atoms with van der Waals surface area (Å²) >= 11 is 0. The van der Waals surface area contributed by atoms with Crippen molar-refractivity contribution in [2.24, 2.45) is 4.99 Å². The van der Waals surface area contributed by atoms with Crippen molar-refractivity contribution < 1.29 is 9.13 Å².